The molecule has 0 saturated heterocycles. The van der Waals surface area contributed by atoms with Crippen LogP contribution < -0.4 is 10.1 Å². The van der Waals surface area contributed by atoms with Crippen LogP contribution in [0.5, 0.6) is 5.75 Å². The van der Waals surface area contributed by atoms with E-state index in [1.807, 2.05) is 11.4 Å². The summed E-state index contributed by atoms with van der Waals surface area (Å²) < 4.78 is 5.08. The van der Waals surface area contributed by atoms with Crippen LogP contribution in [0, 0.1) is 0 Å². The Morgan fingerprint density at radius 3 is 2.74 bits per heavy atom. The zero-order valence-electron chi connectivity index (χ0n) is 12.6. The summed E-state index contributed by atoms with van der Waals surface area (Å²) in [6, 6.07) is 11.2. The van der Waals surface area contributed by atoms with Crippen molar-refractivity contribution in [3.63, 3.8) is 0 Å². The Morgan fingerprint density at radius 1 is 1.22 bits per heavy atom. The topological polar surface area (TPSA) is 51.2 Å². The molecular weight excluding hydrogens is 328 g/mol. The van der Waals surface area contributed by atoms with Gasteiger partial charge in [0.15, 0.2) is 0 Å². The summed E-state index contributed by atoms with van der Waals surface area (Å²) in [6.07, 6.45) is 0.726. The Labute approximate surface area is 142 Å². The first kappa shape index (κ1) is 15.7. The molecule has 3 aromatic rings. The Kier molecular flexibility index (Phi) is 5.05. The fraction of sp³-hybridized carbons (Fsp3) is 0.176. The molecule has 0 aliphatic heterocycles. The largest absolute Gasteiger partial charge is 0.497 e. The van der Waals surface area contributed by atoms with Crippen LogP contribution in [0.4, 0.5) is 0 Å². The molecule has 2 heterocycles. The number of nitrogens with zero attached hydrogens (tertiary/aromatic N) is 1. The molecule has 3 rings (SSSR count). The molecule has 0 unspecified atom stereocenters. The van der Waals surface area contributed by atoms with E-state index in [9.17, 15) is 4.79 Å². The van der Waals surface area contributed by atoms with E-state index in [-0.39, 0.29) is 5.91 Å². The second kappa shape index (κ2) is 7.39. The lowest BCUT2D eigenvalue weighted by atomic mass is 10.2. The van der Waals surface area contributed by atoms with Gasteiger partial charge in [-0.25, -0.2) is 4.98 Å². The van der Waals surface area contributed by atoms with Gasteiger partial charge in [0.25, 0.3) is 5.91 Å². The van der Waals surface area contributed by atoms with Crippen LogP contribution in [-0.4, -0.2) is 24.5 Å². The number of rotatable bonds is 6. The van der Waals surface area contributed by atoms with E-state index in [4.69, 9.17) is 4.74 Å². The van der Waals surface area contributed by atoms with Crippen LogP contribution in [0.25, 0.3) is 9.88 Å². The van der Waals surface area contributed by atoms with Gasteiger partial charge in [-0.1, -0.05) is 6.07 Å². The normalized spacial score (nSPS) is 10.5. The third kappa shape index (κ3) is 3.97. The van der Waals surface area contributed by atoms with Crippen molar-refractivity contribution in [2.24, 2.45) is 0 Å². The fourth-order valence-electron chi connectivity index (χ4n) is 2.08. The molecule has 0 bridgehead atoms. The second-order valence-corrected chi connectivity index (χ2v) is 6.66. The van der Waals surface area contributed by atoms with Crippen LogP contribution in [0.2, 0.25) is 0 Å². The van der Waals surface area contributed by atoms with E-state index in [1.165, 1.54) is 4.88 Å². The van der Waals surface area contributed by atoms with Crippen molar-refractivity contribution in [2.75, 3.05) is 13.7 Å². The lowest BCUT2D eigenvalue weighted by Crippen LogP contribution is -2.25. The van der Waals surface area contributed by atoms with Crippen molar-refractivity contribution in [3.8, 4) is 15.6 Å². The number of methoxy groups -OCH3 is 1. The minimum absolute atomic E-state index is 0.0821. The Hall–Kier alpha value is -2.18. The molecule has 4 nitrogen and oxygen atoms in total. The SMILES string of the molecule is COc1ccc(C(=O)NCCc2csc(-c3cccs3)n2)cc1. The number of carbonyl (C=O) groups is 1. The van der Waals surface area contributed by atoms with Gasteiger partial charge in [0.05, 0.1) is 17.7 Å². The first-order valence-electron chi connectivity index (χ1n) is 7.17. The zero-order valence-corrected chi connectivity index (χ0v) is 14.2. The maximum absolute atomic E-state index is 12.1. The average Bonchev–Trinajstić information content (AvgIpc) is 3.26. The van der Waals surface area contributed by atoms with Gasteiger partial charge < -0.3 is 10.1 Å². The average molecular weight is 344 g/mol. The van der Waals surface area contributed by atoms with Crippen molar-refractivity contribution in [1.82, 2.24) is 10.3 Å². The lowest BCUT2D eigenvalue weighted by molar-refractivity contribution is 0.0954. The van der Waals surface area contributed by atoms with E-state index in [0.717, 1.165) is 22.9 Å². The Bertz CT molecular complexity index is 764. The highest BCUT2D eigenvalue weighted by atomic mass is 32.1. The number of thiophene rings is 1. The molecule has 118 valence electrons. The highest BCUT2D eigenvalue weighted by molar-refractivity contribution is 7.20. The van der Waals surface area contributed by atoms with Crippen molar-refractivity contribution < 1.29 is 9.53 Å². The maximum atomic E-state index is 12.1. The fourth-order valence-corrected chi connectivity index (χ4v) is 3.75. The molecule has 2 aromatic heterocycles. The van der Waals surface area contributed by atoms with E-state index in [2.05, 4.69) is 21.7 Å². The van der Waals surface area contributed by atoms with Gasteiger partial charge in [0, 0.05) is 23.9 Å². The molecule has 0 atom stereocenters. The first-order chi connectivity index (χ1) is 11.3. The van der Waals surface area contributed by atoms with E-state index < -0.39 is 0 Å². The van der Waals surface area contributed by atoms with Crippen molar-refractivity contribution in [2.45, 2.75) is 6.42 Å². The van der Waals surface area contributed by atoms with Gasteiger partial charge in [0.1, 0.15) is 10.8 Å². The van der Waals surface area contributed by atoms with Crippen LogP contribution in [0.15, 0.2) is 47.2 Å². The standard InChI is InChI=1S/C17H16N2O2S2/c1-21-14-6-4-12(5-7-14)16(20)18-9-8-13-11-23-17(19-13)15-3-2-10-22-15/h2-7,10-11H,8-9H2,1H3,(H,18,20). The summed E-state index contributed by atoms with van der Waals surface area (Å²) >= 11 is 3.33. The number of aromatic nitrogens is 1. The van der Waals surface area contributed by atoms with Crippen molar-refractivity contribution in [3.05, 3.63) is 58.4 Å². The molecule has 0 aliphatic rings. The monoisotopic (exact) mass is 344 g/mol. The summed E-state index contributed by atoms with van der Waals surface area (Å²) in [5.74, 6) is 0.659. The van der Waals surface area contributed by atoms with Crippen molar-refractivity contribution in [1.29, 1.82) is 0 Å². The third-order valence-corrected chi connectivity index (χ3v) is 5.23. The zero-order chi connectivity index (χ0) is 16.1. The van der Waals surface area contributed by atoms with E-state index >= 15 is 0 Å². The lowest BCUT2D eigenvalue weighted by Gasteiger charge is -2.05. The van der Waals surface area contributed by atoms with Gasteiger partial charge in [-0.15, -0.1) is 22.7 Å². The van der Waals surface area contributed by atoms with Crippen LogP contribution in [0.1, 0.15) is 16.1 Å². The number of hydrogen-bond acceptors (Lipinski definition) is 5. The molecule has 1 amide bonds. The molecule has 1 aromatic carbocycles. The third-order valence-electron chi connectivity index (χ3n) is 3.30. The number of benzene rings is 1. The maximum Gasteiger partial charge on any atom is 0.251 e. The van der Waals surface area contributed by atoms with Crippen LogP contribution >= 0.6 is 22.7 Å². The van der Waals surface area contributed by atoms with Crippen molar-refractivity contribution >= 4 is 28.6 Å². The minimum atomic E-state index is -0.0821. The number of hydrogen-bond donors (Lipinski definition) is 1. The van der Waals surface area contributed by atoms with Gasteiger partial charge in [0.2, 0.25) is 0 Å². The molecule has 0 fully saturated rings. The number of ether oxygens (including phenoxy) is 1. The summed E-state index contributed by atoms with van der Waals surface area (Å²) in [5.41, 5.74) is 1.64. The van der Waals surface area contributed by atoms with Crippen LogP contribution in [-0.2, 0) is 6.42 Å². The molecule has 0 radical (unpaired) electrons. The second-order valence-electron chi connectivity index (χ2n) is 4.86. The van der Waals surface area contributed by atoms with Crippen LogP contribution in [0.3, 0.4) is 0 Å². The van der Waals surface area contributed by atoms with Gasteiger partial charge in [-0.05, 0) is 35.7 Å². The van der Waals surface area contributed by atoms with Gasteiger partial charge in [-0.2, -0.15) is 0 Å². The van der Waals surface area contributed by atoms with Gasteiger partial charge in [-0.3, -0.25) is 4.79 Å². The number of amides is 1. The summed E-state index contributed by atoms with van der Waals surface area (Å²) in [7, 11) is 1.60. The van der Waals surface area contributed by atoms with E-state index in [0.29, 0.717) is 12.1 Å². The predicted octanol–water partition coefficient (Wildman–Crippen LogP) is 3.85. The number of nitrogens with one attached hydrogen (secondary N) is 1. The highest BCUT2D eigenvalue weighted by Gasteiger charge is 2.08. The minimum Gasteiger partial charge on any atom is -0.497 e. The molecular formula is C17H16N2O2S2. The van der Waals surface area contributed by atoms with Gasteiger partial charge >= 0.3 is 0 Å². The molecule has 0 saturated carbocycles. The number of thiazole rings is 1. The molecule has 1 N–H and O–H groups in total. The summed E-state index contributed by atoms with van der Waals surface area (Å²) in [4.78, 5) is 17.8. The molecule has 6 heteroatoms. The first-order valence-corrected chi connectivity index (χ1v) is 8.93. The smallest absolute Gasteiger partial charge is 0.251 e. The highest BCUT2D eigenvalue weighted by Crippen LogP contribution is 2.27. The molecule has 0 spiro atoms. The number of carbonyl (C=O) groups excluding carboxylic acids is 1. The molecule has 0 aliphatic carbocycles. The Morgan fingerprint density at radius 2 is 2.04 bits per heavy atom. The Balaban J connectivity index is 1.51. The predicted molar refractivity (Wildman–Crippen MR) is 94.5 cm³/mol. The summed E-state index contributed by atoms with van der Waals surface area (Å²) in [6.45, 7) is 0.568. The van der Waals surface area contributed by atoms with E-state index in [1.54, 1.807) is 54.0 Å². The quantitative estimate of drug-likeness (QED) is 0.739. The molecule has 23 heavy (non-hydrogen) atoms. The summed E-state index contributed by atoms with van der Waals surface area (Å²) in [5, 5.41) is 8.05.